The van der Waals surface area contributed by atoms with Crippen LogP contribution in [-0.2, 0) is 0 Å². The molecular formula is C16H11BrN4. The van der Waals surface area contributed by atoms with Gasteiger partial charge in [0, 0.05) is 16.1 Å². The Hall–Kier alpha value is -2.40. The number of fused-ring (bicyclic) bond motifs is 2. The standard InChI is InChI=1S/C16H11BrN4/c17-11-8-10-4-3-7-14(15(10)19-9-11)21-13-6-2-1-5-12(13)20-16(21)18/h1-9H,(H2,18,20). The number of pyridine rings is 1. The molecule has 0 radical (unpaired) electrons. The van der Waals surface area contributed by atoms with Gasteiger partial charge in [0.1, 0.15) is 0 Å². The Kier molecular flexibility index (Phi) is 2.68. The minimum Gasteiger partial charge on any atom is -0.369 e. The van der Waals surface area contributed by atoms with E-state index in [9.17, 15) is 0 Å². The molecule has 0 aliphatic carbocycles. The maximum absolute atomic E-state index is 6.12. The van der Waals surface area contributed by atoms with Gasteiger partial charge in [0.2, 0.25) is 5.95 Å². The molecule has 0 bridgehead atoms. The van der Waals surface area contributed by atoms with Crippen LogP contribution in [0.3, 0.4) is 0 Å². The van der Waals surface area contributed by atoms with Crippen LogP contribution in [0, 0.1) is 0 Å². The SMILES string of the molecule is Nc1nc2ccccc2n1-c1cccc2cc(Br)cnc12. The summed E-state index contributed by atoms with van der Waals surface area (Å²) in [5.41, 5.74) is 9.81. The average molecular weight is 339 g/mol. The maximum Gasteiger partial charge on any atom is 0.206 e. The van der Waals surface area contributed by atoms with Gasteiger partial charge in [-0.3, -0.25) is 9.55 Å². The van der Waals surface area contributed by atoms with Crippen molar-refractivity contribution in [1.82, 2.24) is 14.5 Å². The largest absolute Gasteiger partial charge is 0.369 e. The van der Waals surface area contributed by atoms with Crippen LogP contribution in [0.4, 0.5) is 5.95 Å². The minimum absolute atomic E-state index is 0.466. The fraction of sp³-hybridized carbons (Fsp3) is 0. The number of halogens is 1. The van der Waals surface area contributed by atoms with Crippen molar-refractivity contribution in [2.45, 2.75) is 0 Å². The van der Waals surface area contributed by atoms with Crippen LogP contribution in [0.1, 0.15) is 0 Å². The van der Waals surface area contributed by atoms with Gasteiger partial charge < -0.3 is 5.73 Å². The van der Waals surface area contributed by atoms with Crippen LogP contribution >= 0.6 is 15.9 Å². The Morgan fingerprint density at radius 2 is 1.90 bits per heavy atom. The number of nitrogen functional groups attached to an aromatic ring is 1. The van der Waals surface area contributed by atoms with E-state index in [1.54, 1.807) is 6.20 Å². The van der Waals surface area contributed by atoms with Crippen LogP contribution in [0.2, 0.25) is 0 Å². The molecular weight excluding hydrogens is 328 g/mol. The molecule has 21 heavy (non-hydrogen) atoms. The van der Waals surface area contributed by atoms with E-state index in [0.29, 0.717) is 5.95 Å². The quantitative estimate of drug-likeness (QED) is 0.572. The van der Waals surface area contributed by atoms with E-state index in [4.69, 9.17) is 5.73 Å². The molecule has 102 valence electrons. The molecule has 0 spiro atoms. The van der Waals surface area contributed by atoms with Gasteiger partial charge in [-0.2, -0.15) is 0 Å². The zero-order valence-electron chi connectivity index (χ0n) is 11.0. The van der Waals surface area contributed by atoms with E-state index in [2.05, 4.69) is 25.9 Å². The number of aromatic nitrogens is 3. The zero-order chi connectivity index (χ0) is 14.4. The molecule has 2 N–H and O–H groups in total. The van der Waals surface area contributed by atoms with Crippen LogP contribution in [0.5, 0.6) is 0 Å². The van der Waals surface area contributed by atoms with Crippen molar-refractivity contribution in [2.24, 2.45) is 0 Å². The first-order valence-corrected chi connectivity index (χ1v) is 7.31. The lowest BCUT2D eigenvalue weighted by Gasteiger charge is -2.09. The van der Waals surface area contributed by atoms with Gasteiger partial charge >= 0.3 is 0 Å². The summed E-state index contributed by atoms with van der Waals surface area (Å²) in [4.78, 5) is 8.95. The molecule has 5 heteroatoms. The molecule has 0 atom stereocenters. The Bertz CT molecular complexity index is 975. The molecule has 4 rings (SSSR count). The molecule has 2 aromatic carbocycles. The lowest BCUT2D eigenvalue weighted by atomic mass is 10.2. The molecule has 0 aliphatic heterocycles. The Morgan fingerprint density at radius 3 is 2.81 bits per heavy atom. The molecule has 0 unspecified atom stereocenters. The van der Waals surface area contributed by atoms with Crippen molar-refractivity contribution in [2.75, 3.05) is 5.73 Å². The second-order valence-corrected chi connectivity index (χ2v) is 5.71. The van der Waals surface area contributed by atoms with Crippen molar-refractivity contribution in [3.05, 3.63) is 59.2 Å². The molecule has 2 aromatic heterocycles. The second-order valence-electron chi connectivity index (χ2n) is 4.80. The first kappa shape index (κ1) is 12.3. The number of nitrogens with zero attached hydrogens (tertiary/aromatic N) is 3. The van der Waals surface area contributed by atoms with E-state index in [1.165, 1.54) is 0 Å². The van der Waals surface area contributed by atoms with Gasteiger partial charge in [-0.25, -0.2) is 4.98 Å². The summed E-state index contributed by atoms with van der Waals surface area (Å²) in [7, 11) is 0. The van der Waals surface area contributed by atoms with E-state index in [1.807, 2.05) is 53.1 Å². The highest BCUT2D eigenvalue weighted by Gasteiger charge is 2.12. The number of benzene rings is 2. The van der Waals surface area contributed by atoms with Crippen molar-refractivity contribution in [1.29, 1.82) is 0 Å². The van der Waals surface area contributed by atoms with Gasteiger partial charge in [-0.05, 0) is 40.2 Å². The molecule has 0 aliphatic rings. The normalized spacial score (nSPS) is 11.3. The summed E-state index contributed by atoms with van der Waals surface area (Å²) in [6.45, 7) is 0. The average Bonchev–Trinajstić information content (AvgIpc) is 2.82. The molecule has 0 saturated heterocycles. The van der Waals surface area contributed by atoms with Crippen LogP contribution < -0.4 is 5.73 Å². The van der Waals surface area contributed by atoms with E-state index in [-0.39, 0.29) is 0 Å². The number of anilines is 1. The predicted octanol–water partition coefficient (Wildman–Crippen LogP) is 3.92. The lowest BCUT2D eigenvalue weighted by Crippen LogP contribution is -2.02. The van der Waals surface area contributed by atoms with Crippen molar-refractivity contribution < 1.29 is 0 Å². The summed E-state index contributed by atoms with van der Waals surface area (Å²) in [5, 5.41) is 1.05. The first-order valence-electron chi connectivity index (χ1n) is 6.51. The van der Waals surface area contributed by atoms with Gasteiger partial charge in [0.05, 0.1) is 22.2 Å². The van der Waals surface area contributed by atoms with Gasteiger partial charge in [-0.15, -0.1) is 0 Å². The summed E-state index contributed by atoms with van der Waals surface area (Å²) in [5.74, 6) is 0.466. The van der Waals surface area contributed by atoms with Crippen LogP contribution in [0.25, 0.3) is 27.6 Å². The van der Waals surface area contributed by atoms with Gasteiger partial charge in [-0.1, -0.05) is 24.3 Å². The minimum atomic E-state index is 0.466. The summed E-state index contributed by atoms with van der Waals surface area (Å²) >= 11 is 3.45. The number of rotatable bonds is 1. The molecule has 2 heterocycles. The zero-order valence-corrected chi connectivity index (χ0v) is 12.6. The number of nitrogens with two attached hydrogens (primary N) is 1. The third kappa shape index (κ3) is 1.89. The van der Waals surface area contributed by atoms with Gasteiger partial charge in [0.15, 0.2) is 0 Å². The summed E-state index contributed by atoms with van der Waals surface area (Å²) in [6.07, 6.45) is 1.79. The van der Waals surface area contributed by atoms with Gasteiger partial charge in [0.25, 0.3) is 0 Å². The highest BCUT2D eigenvalue weighted by molar-refractivity contribution is 9.10. The number of imidazole rings is 1. The third-order valence-electron chi connectivity index (χ3n) is 3.48. The van der Waals surface area contributed by atoms with Crippen molar-refractivity contribution in [3.8, 4) is 5.69 Å². The van der Waals surface area contributed by atoms with E-state index >= 15 is 0 Å². The van der Waals surface area contributed by atoms with E-state index < -0.39 is 0 Å². The lowest BCUT2D eigenvalue weighted by molar-refractivity contribution is 1.11. The van der Waals surface area contributed by atoms with E-state index in [0.717, 1.165) is 32.1 Å². The first-order chi connectivity index (χ1) is 10.2. The number of hydrogen-bond donors (Lipinski definition) is 1. The monoisotopic (exact) mass is 338 g/mol. The van der Waals surface area contributed by atoms with Crippen LogP contribution in [-0.4, -0.2) is 14.5 Å². The number of hydrogen-bond acceptors (Lipinski definition) is 3. The molecule has 4 aromatic rings. The highest BCUT2D eigenvalue weighted by Crippen LogP contribution is 2.28. The number of para-hydroxylation sites is 3. The predicted molar refractivity (Wildman–Crippen MR) is 88.5 cm³/mol. The second kappa shape index (κ2) is 4.56. The molecule has 0 amide bonds. The molecule has 0 saturated carbocycles. The fourth-order valence-electron chi connectivity index (χ4n) is 2.60. The van der Waals surface area contributed by atoms with Crippen molar-refractivity contribution in [3.63, 3.8) is 0 Å². The highest BCUT2D eigenvalue weighted by atomic mass is 79.9. The fourth-order valence-corrected chi connectivity index (χ4v) is 2.95. The Balaban J connectivity index is 2.12. The summed E-state index contributed by atoms with van der Waals surface area (Å²) < 4.78 is 2.90. The molecule has 0 fully saturated rings. The van der Waals surface area contributed by atoms with Crippen molar-refractivity contribution >= 4 is 43.8 Å². The molecule has 4 nitrogen and oxygen atoms in total. The topological polar surface area (TPSA) is 56.7 Å². The third-order valence-corrected chi connectivity index (χ3v) is 3.92. The summed E-state index contributed by atoms with van der Waals surface area (Å²) in [6, 6.07) is 16.0. The Morgan fingerprint density at radius 1 is 1.05 bits per heavy atom. The smallest absolute Gasteiger partial charge is 0.206 e. The Labute approximate surface area is 129 Å². The maximum atomic E-state index is 6.12. The van der Waals surface area contributed by atoms with Crippen LogP contribution in [0.15, 0.2) is 59.2 Å².